The Morgan fingerprint density at radius 1 is 1.50 bits per heavy atom. The van der Waals surface area contributed by atoms with Crippen molar-refractivity contribution in [2.24, 2.45) is 0 Å². The average molecular weight is 303 g/mol. The lowest BCUT2D eigenvalue weighted by Crippen LogP contribution is -2.46. The van der Waals surface area contributed by atoms with E-state index >= 15 is 0 Å². The molecule has 3 rings (SSSR count). The van der Waals surface area contributed by atoms with Crippen molar-refractivity contribution in [2.45, 2.75) is 12.5 Å². The number of imide groups is 1. The monoisotopic (exact) mass is 303 g/mol. The van der Waals surface area contributed by atoms with Gasteiger partial charge in [0, 0.05) is 18.5 Å². The van der Waals surface area contributed by atoms with Gasteiger partial charge >= 0.3 is 12.1 Å². The zero-order valence-corrected chi connectivity index (χ0v) is 12.1. The van der Waals surface area contributed by atoms with E-state index < -0.39 is 17.7 Å². The minimum atomic E-state index is -1.37. The van der Waals surface area contributed by atoms with E-state index in [2.05, 4.69) is 10.6 Å². The molecule has 0 spiro atoms. The van der Waals surface area contributed by atoms with Gasteiger partial charge in [0.25, 0.3) is 0 Å². The van der Waals surface area contributed by atoms with Crippen molar-refractivity contribution in [2.75, 3.05) is 19.6 Å². The highest BCUT2D eigenvalue weighted by Gasteiger charge is 2.31. The van der Waals surface area contributed by atoms with E-state index in [9.17, 15) is 14.7 Å². The highest BCUT2D eigenvalue weighted by molar-refractivity contribution is 5.94. The number of para-hydroxylation sites is 1. The summed E-state index contributed by atoms with van der Waals surface area (Å²) in [6.45, 7) is 2.24. The summed E-state index contributed by atoms with van der Waals surface area (Å²) in [5.41, 5.74) is -0.701. The third kappa shape index (κ3) is 2.62. The lowest BCUT2D eigenvalue weighted by molar-refractivity contribution is 0.0374. The summed E-state index contributed by atoms with van der Waals surface area (Å²) in [4.78, 5) is 24.4. The molecule has 2 heterocycles. The molecule has 1 aliphatic heterocycles. The van der Waals surface area contributed by atoms with E-state index in [1.807, 2.05) is 24.3 Å². The molecule has 22 heavy (non-hydrogen) atoms. The topological polar surface area (TPSA) is 94.8 Å². The van der Waals surface area contributed by atoms with E-state index in [1.165, 1.54) is 0 Å². The van der Waals surface area contributed by atoms with E-state index in [0.29, 0.717) is 24.4 Å². The largest absolute Gasteiger partial charge is 0.458 e. The molecule has 1 aromatic carbocycles. The molecular weight excluding hydrogens is 286 g/mol. The number of fused-ring (bicyclic) bond motifs is 1. The van der Waals surface area contributed by atoms with E-state index in [-0.39, 0.29) is 6.54 Å². The van der Waals surface area contributed by atoms with Crippen molar-refractivity contribution in [3.63, 3.8) is 0 Å². The molecular formula is C15H17N3O4. The molecule has 7 heteroatoms. The van der Waals surface area contributed by atoms with Gasteiger partial charge in [0.2, 0.25) is 0 Å². The summed E-state index contributed by atoms with van der Waals surface area (Å²) < 4.78 is 5.62. The van der Waals surface area contributed by atoms with Gasteiger partial charge < -0.3 is 20.2 Å². The van der Waals surface area contributed by atoms with Crippen molar-refractivity contribution >= 4 is 23.0 Å². The standard InChI is InChI=1S/C15H17N3O4/c1-15(21,9-17-14(20)18-7-6-16-13(18)19)12-8-10-4-2-3-5-11(10)22-12/h2-5,8,21H,6-7,9H2,1H3,(H,16,19)(H,17,20)/t15-/m0/s1. The zero-order chi connectivity index (χ0) is 15.7. The maximum atomic E-state index is 11.9. The number of hydrogen-bond donors (Lipinski definition) is 3. The Morgan fingerprint density at radius 2 is 2.27 bits per heavy atom. The molecule has 2 aromatic rings. The SMILES string of the molecule is C[C@](O)(CNC(=O)N1CCNC1=O)c1cc2ccccc2o1. The summed E-state index contributed by atoms with van der Waals surface area (Å²) >= 11 is 0. The van der Waals surface area contributed by atoms with Crippen LogP contribution in [0.1, 0.15) is 12.7 Å². The average Bonchev–Trinajstić information content (AvgIpc) is 3.11. The molecule has 4 amide bonds. The first-order chi connectivity index (χ1) is 10.5. The zero-order valence-electron chi connectivity index (χ0n) is 12.1. The fourth-order valence-corrected chi connectivity index (χ4v) is 2.34. The Kier molecular flexibility index (Phi) is 3.50. The molecule has 1 saturated heterocycles. The van der Waals surface area contributed by atoms with Crippen LogP contribution in [-0.2, 0) is 5.60 Å². The number of furan rings is 1. The number of carbonyl (C=O) groups is 2. The van der Waals surface area contributed by atoms with Gasteiger partial charge in [0.05, 0.1) is 6.54 Å². The number of benzene rings is 1. The number of nitrogens with zero attached hydrogens (tertiary/aromatic N) is 1. The smallest absolute Gasteiger partial charge is 0.325 e. The molecule has 7 nitrogen and oxygen atoms in total. The summed E-state index contributed by atoms with van der Waals surface area (Å²) in [5.74, 6) is 0.361. The van der Waals surface area contributed by atoms with Crippen LogP contribution in [0.3, 0.4) is 0 Å². The Bertz CT molecular complexity index is 689. The van der Waals surface area contributed by atoms with Gasteiger partial charge in [-0.1, -0.05) is 18.2 Å². The third-order valence-electron chi connectivity index (χ3n) is 3.64. The van der Waals surface area contributed by atoms with Crippen LogP contribution in [0, 0.1) is 0 Å². The summed E-state index contributed by atoms with van der Waals surface area (Å²) in [6, 6.07) is 8.19. The molecule has 0 radical (unpaired) electrons. The lowest BCUT2D eigenvalue weighted by atomic mass is 10.0. The molecule has 3 N–H and O–H groups in total. The maximum absolute atomic E-state index is 11.9. The van der Waals surface area contributed by atoms with Crippen LogP contribution in [0.15, 0.2) is 34.7 Å². The molecule has 0 unspecified atom stereocenters. The summed E-state index contributed by atoms with van der Waals surface area (Å²) in [6.07, 6.45) is 0. The predicted octanol–water partition coefficient (Wildman–Crippen LogP) is 1.38. The van der Waals surface area contributed by atoms with Crippen molar-refractivity contribution in [3.05, 3.63) is 36.1 Å². The van der Waals surface area contributed by atoms with Gasteiger partial charge in [-0.05, 0) is 19.1 Å². The first-order valence-electron chi connectivity index (χ1n) is 7.02. The molecule has 0 saturated carbocycles. The van der Waals surface area contributed by atoms with Crippen molar-refractivity contribution in [1.29, 1.82) is 0 Å². The third-order valence-corrected chi connectivity index (χ3v) is 3.64. The Balaban J connectivity index is 1.70. The fourth-order valence-electron chi connectivity index (χ4n) is 2.34. The van der Waals surface area contributed by atoms with Crippen molar-refractivity contribution < 1.29 is 19.1 Å². The number of carbonyl (C=O) groups excluding carboxylic acids is 2. The lowest BCUT2D eigenvalue weighted by Gasteiger charge is -2.22. The Hall–Kier alpha value is -2.54. The molecule has 0 aliphatic carbocycles. The van der Waals surface area contributed by atoms with Gasteiger partial charge in [0.15, 0.2) is 0 Å². The molecule has 1 atom stereocenters. The summed E-state index contributed by atoms with van der Waals surface area (Å²) in [5, 5.41) is 16.5. The number of rotatable bonds is 3. The second kappa shape index (κ2) is 5.34. The molecule has 1 aliphatic rings. The van der Waals surface area contributed by atoms with Gasteiger partial charge in [-0.2, -0.15) is 0 Å². The Morgan fingerprint density at radius 3 is 2.95 bits per heavy atom. The number of aliphatic hydroxyl groups is 1. The van der Waals surface area contributed by atoms with Crippen molar-refractivity contribution in [3.8, 4) is 0 Å². The van der Waals surface area contributed by atoms with Crippen LogP contribution in [0.25, 0.3) is 11.0 Å². The van der Waals surface area contributed by atoms with E-state index in [4.69, 9.17) is 4.42 Å². The second-order valence-electron chi connectivity index (χ2n) is 5.46. The second-order valence-corrected chi connectivity index (χ2v) is 5.46. The van der Waals surface area contributed by atoms with Gasteiger partial charge in [-0.15, -0.1) is 0 Å². The van der Waals surface area contributed by atoms with E-state index in [0.717, 1.165) is 10.3 Å². The number of urea groups is 2. The highest BCUT2D eigenvalue weighted by Crippen LogP contribution is 2.27. The van der Waals surface area contributed by atoms with Crippen LogP contribution in [0.4, 0.5) is 9.59 Å². The molecule has 116 valence electrons. The van der Waals surface area contributed by atoms with Crippen LogP contribution in [-0.4, -0.2) is 41.7 Å². The molecule has 0 bridgehead atoms. The normalized spacial score (nSPS) is 17.4. The molecule has 1 fully saturated rings. The fraction of sp³-hybridized carbons (Fsp3) is 0.333. The number of hydrogen-bond acceptors (Lipinski definition) is 4. The van der Waals surface area contributed by atoms with Gasteiger partial charge in [-0.3, -0.25) is 0 Å². The first-order valence-corrected chi connectivity index (χ1v) is 7.02. The highest BCUT2D eigenvalue weighted by atomic mass is 16.4. The molecule has 1 aromatic heterocycles. The van der Waals surface area contributed by atoms with Gasteiger partial charge in [0.1, 0.15) is 16.9 Å². The number of amides is 4. The van der Waals surface area contributed by atoms with Crippen LogP contribution >= 0.6 is 0 Å². The van der Waals surface area contributed by atoms with Gasteiger partial charge in [-0.25, -0.2) is 14.5 Å². The maximum Gasteiger partial charge on any atom is 0.325 e. The summed E-state index contributed by atoms with van der Waals surface area (Å²) in [7, 11) is 0. The Labute approximate surface area is 126 Å². The van der Waals surface area contributed by atoms with Crippen molar-refractivity contribution in [1.82, 2.24) is 15.5 Å². The minimum Gasteiger partial charge on any atom is -0.458 e. The number of nitrogens with one attached hydrogen (secondary N) is 2. The quantitative estimate of drug-likeness (QED) is 0.798. The first kappa shape index (κ1) is 14.4. The minimum absolute atomic E-state index is 0.0601. The van der Waals surface area contributed by atoms with Crippen LogP contribution in [0.5, 0.6) is 0 Å². The van der Waals surface area contributed by atoms with Crippen LogP contribution < -0.4 is 10.6 Å². The van der Waals surface area contributed by atoms with E-state index in [1.54, 1.807) is 13.0 Å². The van der Waals surface area contributed by atoms with Crippen LogP contribution in [0.2, 0.25) is 0 Å². The predicted molar refractivity (Wildman–Crippen MR) is 79.3 cm³/mol.